The summed E-state index contributed by atoms with van der Waals surface area (Å²) >= 11 is 0. The molecule has 0 saturated carbocycles. The van der Waals surface area contributed by atoms with E-state index in [1.807, 2.05) is 12.1 Å². The Kier molecular flexibility index (Phi) is 5.76. The predicted octanol–water partition coefficient (Wildman–Crippen LogP) is 6.52. The van der Waals surface area contributed by atoms with Crippen LogP contribution in [0.3, 0.4) is 0 Å². The van der Waals surface area contributed by atoms with Gasteiger partial charge in [-0.15, -0.1) is 0 Å². The van der Waals surface area contributed by atoms with Gasteiger partial charge in [0, 0.05) is 35.3 Å². The van der Waals surface area contributed by atoms with E-state index in [1.165, 1.54) is 24.0 Å². The summed E-state index contributed by atoms with van der Waals surface area (Å²) in [7, 11) is 1.53. The maximum atomic E-state index is 15.0. The van der Waals surface area contributed by atoms with Crippen LogP contribution in [0.25, 0.3) is 33.4 Å². The Morgan fingerprint density at radius 3 is 2.49 bits per heavy atom. The molecule has 0 spiro atoms. The summed E-state index contributed by atoms with van der Waals surface area (Å²) in [5.41, 5.74) is 0.102. The molecule has 0 aliphatic rings. The molecule has 37 heavy (non-hydrogen) atoms. The monoisotopic (exact) mass is 503 g/mol. The lowest BCUT2D eigenvalue weighted by atomic mass is 9.99. The third-order valence-electron chi connectivity index (χ3n) is 5.88. The molecule has 5 rings (SSSR count). The molecule has 184 valence electrons. The van der Waals surface area contributed by atoms with Gasteiger partial charge in [-0.1, -0.05) is 30.3 Å². The van der Waals surface area contributed by atoms with Crippen LogP contribution in [0.1, 0.15) is 21.5 Å². The standard InChI is InChI=1S/C27H17F4N5O/c1-36-10-9-23(35-36)17-12-18(21(28)13-20(17)27(29,30)31)26(37)34-25-19-11-15(14-32)7-8-22(19)33-24(25)16-5-3-2-4-6-16/h2-13,33H,1H3,(H,34,37). The Balaban J connectivity index is 1.65. The van der Waals surface area contributed by atoms with Crippen molar-refractivity contribution in [2.75, 3.05) is 5.32 Å². The number of aryl methyl sites for hydroxylation is 1. The lowest BCUT2D eigenvalue weighted by Crippen LogP contribution is -2.17. The maximum absolute atomic E-state index is 15.0. The van der Waals surface area contributed by atoms with Gasteiger partial charge in [0.25, 0.3) is 5.91 Å². The molecule has 10 heteroatoms. The number of halogens is 4. The molecular formula is C27H17F4N5O. The number of amides is 1. The first kappa shape index (κ1) is 23.8. The van der Waals surface area contributed by atoms with Gasteiger partial charge in [0.2, 0.25) is 0 Å². The number of fused-ring (bicyclic) bond motifs is 1. The van der Waals surface area contributed by atoms with Crippen molar-refractivity contribution in [1.29, 1.82) is 5.26 Å². The molecule has 0 unspecified atom stereocenters. The van der Waals surface area contributed by atoms with Crippen LogP contribution in [0.15, 0.2) is 72.9 Å². The van der Waals surface area contributed by atoms with Gasteiger partial charge in [0.1, 0.15) is 5.82 Å². The molecule has 0 radical (unpaired) electrons. The fourth-order valence-corrected chi connectivity index (χ4v) is 4.15. The second-order valence-corrected chi connectivity index (χ2v) is 8.32. The van der Waals surface area contributed by atoms with Crippen LogP contribution in [-0.2, 0) is 13.2 Å². The smallest absolute Gasteiger partial charge is 0.353 e. The average Bonchev–Trinajstić information content (AvgIpc) is 3.47. The number of nitrogens with zero attached hydrogens (tertiary/aromatic N) is 3. The zero-order chi connectivity index (χ0) is 26.3. The summed E-state index contributed by atoms with van der Waals surface area (Å²) in [4.78, 5) is 16.5. The molecule has 2 aromatic heterocycles. The van der Waals surface area contributed by atoms with E-state index in [1.54, 1.807) is 42.5 Å². The highest BCUT2D eigenvalue weighted by Crippen LogP contribution is 2.39. The van der Waals surface area contributed by atoms with Crippen molar-refractivity contribution in [2.45, 2.75) is 6.18 Å². The van der Waals surface area contributed by atoms with Crippen LogP contribution < -0.4 is 5.32 Å². The summed E-state index contributed by atoms with van der Waals surface area (Å²) in [6, 6.07) is 18.4. The van der Waals surface area contributed by atoms with Gasteiger partial charge < -0.3 is 10.3 Å². The van der Waals surface area contributed by atoms with E-state index in [4.69, 9.17) is 0 Å². The molecule has 2 heterocycles. The fraction of sp³-hybridized carbons (Fsp3) is 0.0741. The zero-order valence-corrected chi connectivity index (χ0v) is 19.2. The Bertz CT molecular complexity index is 1690. The van der Waals surface area contributed by atoms with E-state index in [-0.39, 0.29) is 11.4 Å². The molecule has 0 bridgehead atoms. The number of rotatable bonds is 4. The minimum absolute atomic E-state index is 0.0559. The zero-order valence-electron chi connectivity index (χ0n) is 19.2. The van der Waals surface area contributed by atoms with Crippen LogP contribution in [0.5, 0.6) is 0 Å². The van der Waals surface area contributed by atoms with E-state index in [0.717, 1.165) is 6.07 Å². The van der Waals surface area contributed by atoms with Crippen molar-refractivity contribution in [3.63, 3.8) is 0 Å². The SMILES string of the molecule is Cn1ccc(-c2cc(C(=O)Nc3c(-c4ccccc4)[nH]c4ccc(C#N)cc34)c(F)cc2C(F)(F)F)n1. The molecule has 0 atom stereocenters. The first-order valence-electron chi connectivity index (χ1n) is 11.0. The number of carbonyl (C=O) groups excluding carboxylic acids is 1. The Hall–Kier alpha value is -4.91. The van der Waals surface area contributed by atoms with Gasteiger partial charge in [0.05, 0.1) is 39.8 Å². The molecule has 0 fully saturated rings. The van der Waals surface area contributed by atoms with Crippen molar-refractivity contribution in [3.05, 3.63) is 95.4 Å². The molecule has 0 aliphatic heterocycles. The van der Waals surface area contributed by atoms with Crippen molar-refractivity contribution in [2.24, 2.45) is 7.05 Å². The first-order chi connectivity index (χ1) is 17.7. The average molecular weight is 503 g/mol. The minimum Gasteiger partial charge on any atom is -0.353 e. The summed E-state index contributed by atoms with van der Waals surface area (Å²) < 4.78 is 57.4. The summed E-state index contributed by atoms with van der Waals surface area (Å²) in [6.45, 7) is 0. The summed E-state index contributed by atoms with van der Waals surface area (Å²) in [6.07, 6.45) is -3.42. The molecule has 5 aromatic rings. The van der Waals surface area contributed by atoms with E-state index in [0.29, 0.717) is 33.8 Å². The number of aromatic amines is 1. The topological polar surface area (TPSA) is 86.5 Å². The van der Waals surface area contributed by atoms with Crippen molar-refractivity contribution in [1.82, 2.24) is 14.8 Å². The summed E-state index contributed by atoms with van der Waals surface area (Å²) in [5, 5.41) is 16.5. The van der Waals surface area contributed by atoms with E-state index in [2.05, 4.69) is 15.4 Å². The fourth-order valence-electron chi connectivity index (χ4n) is 4.15. The Labute approximate surface area is 207 Å². The van der Waals surface area contributed by atoms with Crippen molar-refractivity contribution in [3.8, 4) is 28.6 Å². The van der Waals surface area contributed by atoms with Gasteiger partial charge in [-0.05, 0) is 36.4 Å². The normalized spacial score (nSPS) is 11.5. The molecule has 0 aliphatic carbocycles. The molecule has 2 N–H and O–H groups in total. The number of H-pyrrole nitrogens is 1. The van der Waals surface area contributed by atoms with Crippen LogP contribution in [0.4, 0.5) is 23.2 Å². The molecule has 0 saturated heterocycles. The largest absolute Gasteiger partial charge is 0.417 e. The quantitative estimate of drug-likeness (QED) is 0.274. The highest BCUT2D eigenvalue weighted by Gasteiger charge is 2.36. The van der Waals surface area contributed by atoms with Crippen LogP contribution in [-0.4, -0.2) is 20.7 Å². The molecule has 6 nitrogen and oxygen atoms in total. The number of hydrogen-bond donors (Lipinski definition) is 2. The van der Waals surface area contributed by atoms with Gasteiger partial charge in [0.15, 0.2) is 0 Å². The summed E-state index contributed by atoms with van der Waals surface area (Å²) in [5.74, 6) is -2.29. The van der Waals surface area contributed by atoms with E-state index >= 15 is 0 Å². The van der Waals surface area contributed by atoms with Crippen molar-refractivity contribution >= 4 is 22.5 Å². The predicted molar refractivity (Wildman–Crippen MR) is 130 cm³/mol. The lowest BCUT2D eigenvalue weighted by molar-refractivity contribution is -0.137. The van der Waals surface area contributed by atoms with Crippen LogP contribution in [0, 0.1) is 17.1 Å². The second kappa shape index (κ2) is 8.95. The number of aromatic nitrogens is 3. The van der Waals surface area contributed by atoms with Gasteiger partial charge in [-0.2, -0.15) is 23.5 Å². The van der Waals surface area contributed by atoms with Gasteiger partial charge in [-0.25, -0.2) is 4.39 Å². The molecule has 3 aromatic carbocycles. The third-order valence-corrected chi connectivity index (χ3v) is 5.88. The number of anilines is 1. The highest BCUT2D eigenvalue weighted by molar-refractivity contribution is 6.13. The van der Waals surface area contributed by atoms with Gasteiger partial charge in [-0.3, -0.25) is 9.48 Å². The van der Waals surface area contributed by atoms with E-state index < -0.39 is 34.6 Å². The molecule has 1 amide bonds. The minimum atomic E-state index is -4.87. The van der Waals surface area contributed by atoms with Crippen molar-refractivity contribution < 1.29 is 22.4 Å². The molecular weight excluding hydrogens is 486 g/mol. The maximum Gasteiger partial charge on any atom is 0.417 e. The lowest BCUT2D eigenvalue weighted by Gasteiger charge is -2.15. The first-order valence-corrected chi connectivity index (χ1v) is 11.0. The number of nitrogens with one attached hydrogen (secondary N) is 2. The van der Waals surface area contributed by atoms with E-state index in [9.17, 15) is 27.6 Å². The van der Waals surface area contributed by atoms with Crippen LogP contribution in [0.2, 0.25) is 0 Å². The Morgan fingerprint density at radius 1 is 1.08 bits per heavy atom. The number of alkyl halides is 3. The van der Waals surface area contributed by atoms with Crippen LogP contribution >= 0.6 is 0 Å². The number of carbonyl (C=O) groups is 1. The Morgan fingerprint density at radius 2 is 1.84 bits per heavy atom. The highest BCUT2D eigenvalue weighted by atomic mass is 19.4. The number of benzene rings is 3. The van der Waals surface area contributed by atoms with Gasteiger partial charge >= 0.3 is 6.18 Å². The second-order valence-electron chi connectivity index (χ2n) is 8.32. The number of hydrogen-bond acceptors (Lipinski definition) is 3. The number of nitriles is 1. The third kappa shape index (κ3) is 4.43.